The van der Waals surface area contributed by atoms with E-state index in [2.05, 4.69) is 10.6 Å². The van der Waals surface area contributed by atoms with E-state index in [1.54, 1.807) is 6.92 Å². The average Bonchev–Trinajstić information content (AvgIpc) is 2.33. The van der Waals surface area contributed by atoms with Gasteiger partial charge in [-0.25, -0.2) is 13.6 Å². The fourth-order valence-corrected chi connectivity index (χ4v) is 2.12. The van der Waals surface area contributed by atoms with Crippen LogP contribution in [0.4, 0.5) is 19.3 Å². The number of hydrogen-bond acceptors (Lipinski definition) is 3. The number of nitrogens with one attached hydrogen (secondary N) is 2. The molecule has 1 rings (SSSR count). The van der Waals surface area contributed by atoms with Crippen molar-refractivity contribution in [3.63, 3.8) is 0 Å². The predicted molar refractivity (Wildman–Crippen MR) is 72.4 cm³/mol. The zero-order valence-electron chi connectivity index (χ0n) is 10.7. The second-order valence-corrected chi connectivity index (χ2v) is 5.21. The van der Waals surface area contributed by atoms with Gasteiger partial charge in [-0.15, -0.1) is 0 Å². The number of carbonyl (C=O) groups excluding carboxylic acids is 1. The van der Waals surface area contributed by atoms with Crippen LogP contribution in [0.2, 0.25) is 0 Å². The molecule has 3 N–H and O–H groups in total. The molecule has 1 atom stereocenters. The van der Waals surface area contributed by atoms with E-state index in [-0.39, 0.29) is 12.2 Å². The van der Waals surface area contributed by atoms with E-state index in [1.807, 2.05) is 6.26 Å². The van der Waals surface area contributed by atoms with Crippen molar-refractivity contribution in [2.24, 2.45) is 0 Å². The van der Waals surface area contributed by atoms with E-state index in [4.69, 9.17) is 0 Å². The zero-order valence-corrected chi connectivity index (χ0v) is 11.5. The van der Waals surface area contributed by atoms with E-state index < -0.39 is 23.3 Å². The summed E-state index contributed by atoms with van der Waals surface area (Å²) < 4.78 is 26.2. The minimum Gasteiger partial charge on any atom is -0.387 e. The molecule has 0 saturated heterocycles. The molecule has 0 bridgehead atoms. The van der Waals surface area contributed by atoms with Crippen LogP contribution in [-0.2, 0) is 0 Å². The van der Waals surface area contributed by atoms with E-state index in [9.17, 15) is 18.7 Å². The summed E-state index contributed by atoms with van der Waals surface area (Å²) in [6.45, 7) is 1.59. The van der Waals surface area contributed by atoms with Gasteiger partial charge in [0.25, 0.3) is 0 Å². The molecule has 106 valence electrons. The van der Waals surface area contributed by atoms with Gasteiger partial charge in [-0.3, -0.25) is 0 Å². The summed E-state index contributed by atoms with van der Waals surface area (Å²) in [6.07, 6.45) is 1.83. The fourth-order valence-electron chi connectivity index (χ4n) is 1.40. The topological polar surface area (TPSA) is 61.4 Å². The second-order valence-electron chi connectivity index (χ2n) is 4.34. The average molecular weight is 290 g/mol. The Labute approximate surface area is 114 Å². The van der Waals surface area contributed by atoms with Crippen LogP contribution in [-0.4, -0.2) is 35.3 Å². The first-order valence-corrected chi connectivity index (χ1v) is 6.95. The molecule has 1 unspecified atom stereocenters. The van der Waals surface area contributed by atoms with Crippen molar-refractivity contribution in [3.05, 3.63) is 29.8 Å². The molecule has 0 aliphatic heterocycles. The maximum atomic E-state index is 13.3. The van der Waals surface area contributed by atoms with Gasteiger partial charge in [0.15, 0.2) is 11.6 Å². The number of benzene rings is 1. The first-order valence-electron chi connectivity index (χ1n) is 5.56. The number of halogens is 2. The highest BCUT2D eigenvalue weighted by Crippen LogP contribution is 2.16. The van der Waals surface area contributed by atoms with Crippen molar-refractivity contribution in [2.75, 3.05) is 23.9 Å². The molecular weight excluding hydrogens is 274 g/mol. The summed E-state index contributed by atoms with van der Waals surface area (Å²) in [7, 11) is 0. The van der Waals surface area contributed by atoms with Gasteiger partial charge < -0.3 is 15.7 Å². The molecular formula is C12H16F2N2O2S. The van der Waals surface area contributed by atoms with E-state index in [0.29, 0.717) is 5.75 Å². The van der Waals surface area contributed by atoms with Crippen LogP contribution in [0.15, 0.2) is 18.2 Å². The van der Waals surface area contributed by atoms with Crippen LogP contribution in [0, 0.1) is 11.6 Å². The lowest BCUT2D eigenvalue weighted by molar-refractivity contribution is 0.0876. The molecule has 7 heteroatoms. The van der Waals surface area contributed by atoms with Crippen LogP contribution in [0.3, 0.4) is 0 Å². The van der Waals surface area contributed by atoms with Crippen molar-refractivity contribution >= 4 is 23.5 Å². The second kappa shape index (κ2) is 6.72. The monoisotopic (exact) mass is 290 g/mol. The normalized spacial score (nSPS) is 13.7. The fraction of sp³-hybridized carbons (Fsp3) is 0.417. The van der Waals surface area contributed by atoms with Crippen molar-refractivity contribution in [1.29, 1.82) is 0 Å². The molecule has 1 aromatic rings. The highest BCUT2D eigenvalue weighted by molar-refractivity contribution is 7.98. The van der Waals surface area contributed by atoms with Gasteiger partial charge in [-0.1, -0.05) is 6.07 Å². The highest BCUT2D eigenvalue weighted by atomic mass is 32.2. The molecule has 0 spiro atoms. The summed E-state index contributed by atoms with van der Waals surface area (Å²) >= 11 is 1.44. The summed E-state index contributed by atoms with van der Waals surface area (Å²) in [5.74, 6) is -1.71. The molecule has 1 aromatic carbocycles. The lowest BCUT2D eigenvalue weighted by Crippen LogP contribution is -2.44. The molecule has 0 aliphatic rings. The maximum Gasteiger partial charge on any atom is 0.319 e. The molecule has 0 saturated carbocycles. The predicted octanol–water partition coefficient (Wildman–Crippen LogP) is 2.20. The standard InChI is InChI=1S/C12H16F2N2O2S/c1-12(18,7-19-2)6-15-11(17)16-9-5-3-4-8(13)10(9)14/h3-5,18H,6-7H2,1-2H3,(H2,15,16,17). The lowest BCUT2D eigenvalue weighted by atomic mass is 10.1. The number of thioether (sulfide) groups is 1. The molecule has 0 fully saturated rings. The third kappa shape index (κ3) is 5.04. The van der Waals surface area contributed by atoms with Gasteiger partial charge in [-0.2, -0.15) is 11.8 Å². The summed E-state index contributed by atoms with van der Waals surface area (Å²) in [5, 5.41) is 14.4. The first kappa shape index (κ1) is 15.7. The van der Waals surface area contributed by atoms with Gasteiger partial charge in [0.05, 0.1) is 11.3 Å². The Morgan fingerprint density at radius 2 is 2.16 bits per heavy atom. The minimum absolute atomic E-state index is 0.0105. The number of urea groups is 1. The molecule has 0 aliphatic carbocycles. The highest BCUT2D eigenvalue weighted by Gasteiger charge is 2.20. The largest absolute Gasteiger partial charge is 0.387 e. The van der Waals surface area contributed by atoms with E-state index in [0.717, 1.165) is 6.07 Å². The van der Waals surface area contributed by atoms with E-state index >= 15 is 0 Å². The smallest absolute Gasteiger partial charge is 0.319 e. The molecule has 2 amide bonds. The first-order chi connectivity index (χ1) is 8.85. The number of hydrogen-bond donors (Lipinski definition) is 3. The Bertz CT molecular complexity index is 455. The van der Waals surface area contributed by atoms with Crippen molar-refractivity contribution in [1.82, 2.24) is 5.32 Å². The number of aliphatic hydroxyl groups is 1. The molecule has 4 nitrogen and oxygen atoms in total. The number of carbonyl (C=O) groups is 1. The van der Waals surface area contributed by atoms with Gasteiger partial charge in [0.1, 0.15) is 0 Å². The number of amides is 2. The SMILES string of the molecule is CSCC(C)(O)CNC(=O)Nc1cccc(F)c1F. The van der Waals surface area contributed by atoms with Crippen LogP contribution >= 0.6 is 11.8 Å². The summed E-state index contributed by atoms with van der Waals surface area (Å²) in [6, 6.07) is 2.79. The minimum atomic E-state index is -1.12. The molecule has 0 heterocycles. The van der Waals surface area contributed by atoms with Crippen molar-refractivity contribution in [3.8, 4) is 0 Å². The van der Waals surface area contributed by atoms with Gasteiger partial charge in [0.2, 0.25) is 0 Å². The van der Waals surface area contributed by atoms with Gasteiger partial charge in [0, 0.05) is 12.3 Å². The lowest BCUT2D eigenvalue weighted by Gasteiger charge is -2.22. The van der Waals surface area contributed by atoms with Gasteiger partial charge in [-0.05, 0) is 25.3 Å². The Balaban J connectivity index is 2.54. The number of rotatable bonds is 5. The van der Waals surface area contributed by atoms with Gasteiger partial charge >= 0.3 is 6.03 Å². The Morgan fingerprint density at radius 1 is 1.47 bits per heavy atom. The van der Waals surface area contributed by atoms with E-state index in [1.165, 1.54) is 23.9 Å². The summed E-state index contributed by atoms with van der Waals surface area (Å²) in [5.41, 5.74) is -1.31. The molecule has 0 aromatic heterocycles. The third-order valence-corrected chi connectivity index (χ3v) is 3.20. The summed E-state index contributed by atoms with van der Waals surface area (Å²) in [4.78, 5) is 11.5. The molecule has 0 radical (unpaired) electrons. The van der Waals surface area contributed by atoms with Crippen LogP contribution in [0.25, 0.3) is 0 Å². The maximum absolute atomic E-state index is 13.3. The van der Waals surface area contributed by atoms with Crippen LogP contribution in [0.5, 0.6) is 0 Å². The Kier molecular flexibility index (Phi) is 5.56. The van der Waals surface area contributed by atoms with Crippen LogP contribution < -0.4 is 10.6 Å². The Hall–Kier alpha value is -1.34. The Morgan fingerprint density at radius 3 is 2.79 bits per heavy atom. The van der Waals surface area contributed by atoms with Crippen LogP contribution in [0.1, 0.15) is 6.92 Å². The van der Waals surface area contributed by atoms with Crippen molar-refractivity contribution < 1.29 is 18.7 Å². The third-order valence-electron chi connectivity index (χ3n) is 2.28. The zero-order chi connectivity index (χ0) is 14.5. The number of anilines is 1. The quantitative estimate of drug-likeness (QED) is 0.779. The molecule has 19 heavy (non-hydrogen) atoms. The van der Waals surface area contributed by atoms with Crippen molar-refractivity contribution in [2.45, 2.75) is 12.5 Å².